The molecular weight excluding hydrogens is 572 g/mol. The third kappa shape index (κ3) is 17.2. The van der Waals surface area contributed by atoms with Crippen molar-refractivity contribution in [1.29, 1.82) is 0 Å². The van der Waals surface area contributed by atoms with Crippen LogP contribution in [0.4, 0.5) is 0 Å². The minimum absolute atomic E-state index is 0.214. The second-order valence-corrected chi connectivity index (χ2v) is 13.6. The Morgan fingerprint density at radius 1 is 1.05 bits per heavy atom. The summed E-state index contributed by atoms with van der Waals surface area (Å²) in [6.07, 6.45) is 14.1. The SMILES string of the molecule is C=C(CC(C)(C)C)N1CCCC1Cc1ccc(-c2scnc2C)cc1.NC(=O)CCCCCCCCCCC(=O)O.NC=O. The van der Waals surface area contributed by atoms with Gasteiger partial charge in [-0.1, -0.05) is 90.1 Å². The fourth-order valence-corrected chi connectivity index (χ4v) is 6.27. The van der Waals surface area contributed by atoms with Gasteiger partial charge in [0.2, 0.25) is 12.3 Å². The predicted octanol–water partition coefficient (Wildman–Crippen LogP) is 7.63. The highest BCUT2D eigenvalue weighted by Gasteiger charge is 2.27. The number of carboxylic acids is 1. The van der Waals surface area contributed by atoms with Gasteiger partial charge < -0.3 is 21.5 Å². The van der Waals surface area contributed by atoms with E-state index in [1.807, 2.05) is 5.51 Å². The number of carbonyl (C=O) groups is 3. The minimum Gasteiger partial charge on any atom is -0.481 e. The summed E-state index contributed by atoms with van der Waals surface area (Å²) in [6.45, 7) is 14.5. The van der Waals surface area contributed by atoms with Gasteiger partial charge in [0.15, 0.2) is 0 Å². The summed E-state index contributed by atoms with van der Waals surface area (Å²) >= 11 is 1.72. The largest absolute Gasteiger partial charge is 0.481 e. The number of unbranched alkanes of at least 4 members (excludes halogenated alkanes) is 7. The number of hydrogen-bond donors (Lipinski definition) is 3. The molecule has 9 heteroatoms. The van der Waals surface area contributed by atoms with Gasteiger partial charge in [0.25, 0.3) is 0 Å². The lowest BCUT2D eigenvalue weighted by Crippen LogP contribution is -2.31. The van der Waals surface area contributed by atoms with Gasteiger partial charge in [0, 0.05) is 31.1 Å². The maximum absolute atomic E-state index is 10.4. The van der Waals surface area contributed by atoms with Crippen LogP contribution < -0.4 is 11.5 Å². The van der Waals surface area contributed by atoms with E-state index in [0.29, 0.717) is 24.3 Å². The van der Waals surface area contributed by atoms with Crippen LogP contribution in [0, 0.1) is 12.3 Å². The summed E-state index contributed by atoms with van der Waals surface area (Å²) in [7, 11) is 0. The number of allylic oxidation sites excluding steroid dienone is 1. The number of hydrogen-bond acceptors (Lipinski definition) is 6. The second-order valence-electron chi connectivity index (χ2n) is 12.8. The van der Waals surface area contributed by atoms with Crippen LogP contribution in [0.15, 0.2) is 42.1 Å². The molecule has 0 aliphatic carbocycles. The Hall–Kier alpha value is -3.20. The third-order valence-corrected chi connectivity index (χ3v) is 8.49. The molecule has 1 aliphatic rings. The van der Waals surface area contributed by atoms with Crippen molar-refractivity contribution < 1.29 is 19.5 Å². The number of aromatic nitrogens is 1. The molecule has 1 fully saturated rings. The Balaban J connectivity index is 0.000000441. The highest BCUT2D eigenvalue weighted by molar-refractivity contribution is 7.13. The number of benzene rings is 1. The lowest BCUT2D eigenvalue weighted by Gasteiger charge is -2.32. The molecule has 1 aromatic carbocycles. The first-order valence-electron chi connectivity index (χ1n) is 16.0. The van der Waals surface area contributed by atoms with E-state index in [4.69, 9.17) is 15.6 Å². The highest BCUT2D eigenvalue weighted by Crippen LogP contribution is 2.32. The maximum Gasteiger partial charge on any atom is 0.303 e. The Morgan fingerprint density at radius 3 is 2.07 bits per heavy atom. The molecule has 44 heavy (non-hydrogen) atoms. The van der Waals surface area contributed by atoms with Crippen LogP contribution in [-0.4, -0.2) is 45.9 Å². The molecule has 3 rings (SSSR count). The van der Waals surface area contributed by atoms with E-state index in [9.17, 15) is 9.59 Å². The standard InChI is InChI=1S/C22H30N2S.C12H23NO3.CH3NO/c1-16(14-22(3,4)5)24-12-6-7-20(24)13-18-8-10-19(11-9-18)21-17(2)23-15-25-21;13-11(14)9-7-5-3-1-2-4-6-8-10-12(15)16;2-1-3/h8-11,15,20H,1,6-7,12-14H2,2-5H3;1-10H2,(H2,13,14)(H,15,16);1H,(H2,2,3). The van der Waals surface area contributed by atoms with Crippen molar-refractivity contribution in [2.24, 2.45) is 16.9 Å². The van der Waals surface area contributed by atoms with Gasteiger partial charge in [-0.15, -0.1) is 11.3 Å². The lowest BCUT2D eigenvalue weighted by atomic mass is 9.90. The summed E-state index contributed by atoms with van der Waals surface area (Å²) in [6, 6.07) is 9.68. The molecule has 2 aromatic rings. The molecule has 5 N–H and O–H groups in total. The van der Waals surface area contributed by atoms with Crippen molar-refractivity contribution in [2.75, 3.05) is 6.54 Å². The van der Waals surface area contributed by atoms with Crippen LogP contribution in [0.3, 0.4) is 0 Å². The van der Waals surface area contributed by atoms with Gasteiger partial charge >= 0.3 is 5.97 Å². The number of aryl methyl sites for hydroxylation is 1. The molecule has 2 amide bonds. The Labute approximate surface area is 269 Å². The molecule has 1 aliphatic heterocycles. The Morgan fingerprint density at radius 2 is 1.59 bits per heavy atom. The smallest absolute Gasteiger partial charge is 0.303 e. The average Bonchev–Trinajstić information content (AvgIpc) is 3.59. The zero-order chi connectivity index (χ0) is 33.0. The topological polar surface area (TPSA) is 140 Å². The number of amides is 2. The summed E-state index contributed by atoms with van der Waals surface area (Å²) in [5.41, 5.74) is 16.6. The summed E-state index contributed by atoms with van der Waals surface area (Å²) in [5, 5.41) is 8.42. The molecule has 246 valence electrons. The van der Waals surface area contributed by atoms with Crippen LogP contribution in [0.1, 0.15) is 115 Å². The second kappa shape index (κ2) is 21.5. The zero-order valence-corrected chi connectivity index (χ0v) is 28.3. The summed E-state index contributed by atoms with van der Waals surface area (Å²) < 4.78 is 0. The van der Waals surface area contributed by atoms with Crippen LogP contribution in [0.2, 0.25) is 0 Å². The first kappa shape index (κ1) is 38.8. The van der Waals surface area contributed by atoms with Gasteiger partial charge in [-0.25, -0.2) is 4.98 Å². The van der Waals surface area contributed by atoms with Gasteiger partial charge in [-0.3, -0.25) is 14.4 Å². The Kier molecular flexibility index (Phi) is 19.0. The van der Waals surface area contributed by atoms with Crippen molar-refractivity contribution in [3.05, 3.63) is 53.3 Å². The van der Waals surface area contributed by atoms with E-state index < -0.39 is 5.97 Å². The van der Waals surface area contributed by atoms with E-state index in [1.54, 1.807) is 11.3 Å². The van der Waals surface area contributed by atoms with Crippen molar-refractivity contribution in [3.8, 4) is 10.4 Å². The Bertz CT molecular complexity index is 1100. The number of carbonyl (C=O) groups excluding carboxylic acids is 2. The molecule has 0 bridgehead atoms. The number of likely N-dealkylation sites (tertiary alicyclic amines) is 1. The van der Waals surface area contributed by atoms with Crippen molar-refractivity contribution in [2.45, 2.75) is 124 Å². The van der Waals surface area contributed by atoms with E-state index in [-0.39, 0.29) is 12.3 Å². The van der Waals surface area contributed by atoms with Crippen LogP contribution in [-0.2, 0) is 20.8 Å². The first-order valence-corrected chi connectivity index (χ1v) is 16.8. The molecule has 0 spiro atoms. The fourth-order valence-electron chi connectivity index (χ4n) is 5.46. The van der Waals surface area contributed by atoms with Crippen molar-refractivity contribution >= 4 is 29.6 Å². The molecule has 1 aromatic heterocycles. The monoisotopic (exact) mass is 628 g/mol. The quantitative estimate of drug-likeness (QED) is 0.129. The molecule has 1 saturated heterocycles. The number of nitrogens with two attached hydrogens (primary N) is 2. The van der Waals surface area contributed by atoms with E-state index in [0.717, 1.165) is 70.0 Å². The van der Waals surface area contributed by atoms with E-state index in [2.05, 4.69) is 74.2 Å². The number of primary amides is 2. The highest BCUT2D eigenvalue weighted by atomic mass is 32.1. The first-order chi connectivity index (χ1) is 20.9. The number of nitrogens with zero attached hydrogens (tertiary/aromatic N) is 2. The normalized spacial score (nSPS) is 14.2. The molecule has 1 atom stereocenters. The van der Waals surface area contributed by atoms with Gasteiger partial charge in [-0.2, -0.15) is 0 Å². The van der Waals surface area contributed by atoms with Crippen molar-refractivity contribution in [3.63, 3.8) is 0 Å². The minimum atomic E-state index is -0.702. The van der Waals surface area contributed by atoms with E-state index >= 15 is 0 Å². The maximum atomic E-state index is 10.4. The molecule has 1 unspecified atom stereocenters. The molecule has 0 saturated carbocycles. The molecule has 2 heterocycles. The van der Waals surface area contributed by atoms with Gasteiger partial charge in [-0.05, 0) is 62.0 Å². The summed E-state index contributed by atoms with van der Waals surface area (Å²) in [4.78, 5) is 37.4. The average molecular weight is 629 g/mol. The van der Waals surface area contributed by atoms with E-state index in [1.165, 1.54) is 41.0 Å². The van der Waals surface area contributed by atoms with Crippen LogP contribution in [0.25, 0.3) is 10.4 Å². The zero-order valence-electron chi connectivity index (χ0n) is 27.5. The van der Waals surface area contributed by atoms with Crippen LogP contribution in [0.5, 0.6) is 0 Å². The lowest BCUT2D eigenvalue weighted by molar-refractivity contribution is -0.137. The molecule has 0 radical (unpaired) electrons. The van der Waals surface area contributed by atoms with Gasteiger partial charge in [0.1, 0.15) is 0 Å². The number of aliphatic carboxylic acids is 1. The number of rotatable bonds is 16. The third-order valence-electron chi connectivity index (χ3n) is 7.51. The number of thiazole rings is 1. The predicted molar refractivity (Wildman–Crippen MR) is 182 cm³/mol. The fraction of sp³-hybridized carbons (Fsp3) is 0.600. The van der Waals surface area contributed by atoms with Crippen molar-refractivity contribution in [1.82, 2.24) is 9.88 Å². The molecular formula is C35H56N4O4S. The summed E-state index contributed by atoms with van der Waals surface area (Å²) in [5.74, 6) is -0.917. The van der Waals surface area contributed by atoms with Crippen LogP contribution >= 0.6 is 11.3 Å². The molecule has 8 nitrogen and oxygen atoms in total. The number of carboxylic acid groups (broad SMARTS) is 1. The van der Waals surface area contributed by atoms with Gasteiger partial charge in [0.05, 0.1) is 16.1 Å².